The third-order valence-corrected chi connectivity index (χ3v) is 5.49. The Labute approximate surface area is 144 Å². The molecular formula is C22H24N2. The number of fused-ring (bicyclic) bond motifs is 2. The van der Waals surface area contributed by atoms with Gasteiger partial charge in [0.1, 0.15) is 0 Å². The molecule has 1 aliphatic heterocycles. The van der Waals surface area contributed by atoms with Crippen LogP contribution in [0.1, 0.15) is 34.9 Å². The van der Waals surface area contributed by atoms with Gasteiger partial charge in [0.25, 0.3) is 0 Å². The smallest absolute Gasteiger partial charge is 0.0488 e. The maximum atomic E-state index is 4.37. The Morgan fingerprint density at radius 1 is 1.08 bits per heavy atom. The van der Waals surface area contributed by atoms with Gasteiger partial charge in [-0.3, -0.25) is 0 Å². The lowest BCUT2D eigenvalue weighted by Crippen LogP contribution is -2.12. The number of benzene rings is 2. The zero-order valence-corrected chi connectivity index (χ0v) is 15.0. The van der Waals surface area contributed by atoms with Crippen molar-refractivity contribution in [2.45, 2.75) is 33.7 Å². The van der Waals surface area contributed by atoms with E-state index in [4.69, 9.17) is 0 Å². The fraction of sp³-hybridized carbons (Fsp3) is 0.273. The predicted molar refractivity (Wildman–Crippen MR) is 103 cm³/mol. The molecule has 122 valence electrons. The lowest BCUT2D eigenvalue weighted by atomic mass is 9.98. The van der Waals surface area contributed by atoms with E-state index in [0.717, 1.165) is 18.7 Å². The van der Waals surface area contributed by atoms with Gasteiger partial charge in [0.15, 0.2) is 0 Å². The van der Waals surface area contributed by atoms with Crippen LogP contribution in [-0.2, 0) is 20.0 Å². The second kappa shape index (κ2) is 5.27. The third kappa shape index (κ3) is 2.10. The molecular weight excluding hydrogens is 292 g/mol. The summed E-state index contributed by atoms with van der Waals surface area (Å²) in [5.74, 6) is 0. The largest absolute Gasteiger partial charge is 0.348 e. The number of nitrogens with zero attached hydrogens (tertiary/aromatic N) is 2. The minimum atomic E-state index is 0.915. The van der Waals surface area contributed by atoms with Gasteiger partial charge in [-0.1, -0.05) is 19.6 Å². The summed E-state index contributed by atoms with van der Waals surface area (Å²) in [6.45, 7) is 11.9. The van der Waals surface area contributed by atoms with Crippen molar-refractivity contribution >= 4 is 22.3 Å². The van der Waals surface area contributed by atoms with Crippen molar-refractivity contribution in [3.05, 3.63) is 70.9 Å². The Morgan fingerprint density at radius 2 is 1.88 bits per heavy atom. The van der Waals surface area contributed by atoms with Gasteiger partial charge in [-0.25, -0.2) is 0 Å². The molecule has 24 heavy (non-hydrogen) atoms. The van der Waals surface area contributed by atoms with Crippen molar-refractivity contribution in [2.75, 3.05) is 4.90 Å². The summed E-state index contributed by atoms with van der Waals surface area (Å²) < 4.78 is 2.24. The third-order valence-electron chi connectivity index (χ3n) is 5.49. The quantitative estimate of drug-likeness (QED) is 0.619. The maximum absolute atomic E-state index is 4.37. The van der Waals surface area contributed by atoms with Crippen LogP contribution in [0.25, 0.3) is 16.6 Å². The molecule has 1 aliphatic rings. The van der Waals surface area contributed by atoms with E-state index in [2.05, 4.69) is 80.3 Å². The summed E-state index contributed by atoms with van der Waals surface area (Å²) in [4.78, 5) is 2.34. The van der Waals surface area contributed by atoms with Crippen molar-refractivity contribution in [3.63, 3.8) is 0 Å². The number of rotatable bonds is 2. The van der Waals surface area contributed by atoms with Gasteiger partial charge in [-0.05, 0) is 67.3 Å². The molecule has 0 saturated carbocycles. The molecule has 2 aromatic carbocycles. The van der Waals surface area contributed by atoms with E-state index in [0.29, 0.717) is 0 Å². The zero-order valence-electron chi connectivity index (χ0n) is 15.0. The summed E-state index contributed by atoms with van der Waals surface area (Å²) in [6.07, 6.45) is 1.08. The summed E-state index contributed by atoms with van der Waals surface area (Å²) in [5, 5.41) is 1.29. The molecule has 2 heterocycles. The molecule has 0 atom stereocenters. The second-order valence-corrected chi connectivity index (χ2v) is 6.91. The monoisotopic (exact) mass is 316 g/mol. The first kappa shape index (κ1) is 15.1. The molecule has 0 aliphatic carbocycles. The molecule has 0 amide bonds. The topological polar surface area (TPSA) is 8.17 Å². The SMILES string of the molecule is C=C1c2cc(C)c(CC)cc2CN1c1ccc2c(c1)cc(C)n2C. The molecule has 4 rings (SSSR count). The van der Waals surface area contributed by atoms with Crippen molar-refractivity contribution < 1.29 is 0 Å². The van der Waals surface area contributed by atoms with E-state index < -0.39 is 0 Å². The first-order chi connectivity index (χ1) is 11.5. The van der Waals surface area contributed by atoms with Gasteiger partial charge < -0.3 is 9.47 Å². The van der Waals surface area contributed by atoms with Gasteiger partial charge in [0.05, 0.1) is 0 Å². The van der Waals surface area contributed by atoms with Crippen LogP contribution in [0.5, 0.6) is 0 Å². The summed E-state index contributed by atoms with van der Waals surface area (Å²) >= 11 is 0. The summed E-state index contributed by atoms with van der Waals surface area (Å²) in [5.41, 5.74) is 10.4. The standard InChI is InChI=1S/C22H24N2/c1-6-17-11-19-13-24(16(4)21(19)9-14(17)2)20-7-8-22-18(12-20)10-15(3)23(22)5/h7-12H,4,6,13H2,1-3,5H3. The maximum Gasteiger partial charge on any atom is 0.0488 e. The highest BCUT2D eigenvalue weighted by molar-refractivity contribution is 5.90. The Bertz CT molecular complexity index is 975. The predicted octanol–water partition coefficient (Wildman–Crippen LogP) is 5.35. The Balaban J connectivity index is 1.77. The van der Waals surface area contributed by atoms with Gasteiger partial charge in [0, 0.05) is 47.1 Å². The highest BCUT2D eigenvalue weighted by atomic mass is 15.2. The van der Waals surface area contributed by atoms with Crippen molar-refractivity contribution in [3.8, 4) is 0 Å². The molecule has 0 saturated heterocycles. The molecule has 0 radical (unpaired) electrons. The average Bonchev–Trinajstić information content (AvgIpc) is 3.04. The van der Waals surface area contributed by atoms with Crippen LogP contribution in [0.4, 0.5) is 5.69 Å². The van der Waals surface area contributed by atoms with Crippen LogP contribution >= 0.6 is 0 Å². The Hall–Kier alpha value is -2.48. The molecule has 0 bridgehead atoms. The molecule has 0 N–H and O–H groups in total. The van der Waals surface area contributed by atoms with Gasteiger partial charge >= 0.3 is 0 Å². The molecule has 0 unspecified atom stereocenters. The van der Waals surface area contributed by atoms with Gasteiger partial charge in [-0.15, -0.1) is 0 Å². The van der Waals surface area contributed by atoms with Gasteiger partial charge in [0.2, 0.25) is 0 Å². The highest BCUT2D eigenvalue weighted by Crippen LogP contribution is 2.38. The number of hydrogen-bond donors (Lipinski definition) is 0. The number of aryl methyl sites for hydroxylation is 4. The fourth-order valence-electron chi connectivity index (χ4n) is 3.89. The van der Waals surface area contributed by atoms with Crippen LogP contribution in [0, 0.1) is 13.8 Å². The van der Waals surface area contributed by atoms with Crippen LogP contribution in [0.3, 0.4) is 0 Å². The first-order valence-corrected chi connectivity index (χ1v) is 8.65. The molecule has 1 aromatic heterocycles. The Morgan fingerprint density at radius 3 is 2.62 bits per heavy atom. The van der Waals surface area contributed by atoms with Gasteiger partial charge in [-0.2, -0.15) is 0 Å². The summed E-state index contributed by atoms with van der Waals surface area (Å²) in [7, 11) is 2.12. The molecule has 2 nitrogen and oxygen atoms in total. The number of aromatic nitrogens is 1. The van der Waals surface area contributed by atoms with Crippen molar-refractivity contribution in [1.82, 2.24) is 4.57 Å². The molecule has 2 heteroatoms. The van der Waals surface area contributed by atoms with Crippen LogP contribution in [0.2, 0.25) is 0 Å². The minimum absolute atomic E-state index is 0.915. The van der Waals surface area contributed by atoms with Crippen molar-refractivity contribution in [1.29, 1.82) is 0 Å². The molecule has 3 aromatic rings. The van der Waals surface area contributed by atoms with Crippen molar-refractivity contribution in [2.24, 2.45) is 7.05 Å². The Kier molecular flexibility index (Phi) is 3.31. The normalized spacial score (nSPS) is 13.8. The zero-order chi connectivity index (χ0) is 17.0. The van der Waals surface area contributed by atoms with Crippen LogP contribution < -0.4 is 4.90 Å². The second-order valence-electron chi connectivity index (χ2n) is 6.91. The van der Waals surface area contributed by atoms with E-state index in [-0.39, 0.29) is 0 Å². The average molecular weight is 316 g/mol. The number of anilines is 1. The van der Waals surface area contributed by atoms with Crippen LogP contribution in [0.15, 0.2) is 43.0 Å². The molecule has 0 spiro atoms. The lowest BCUT2D eigenvalue weighted by Gasteiger charge is -2.19. The first-order valence-electron chi connectivity index (χ1n) is 8.65. The highest BCUT2D eigenvalue weighted by Gasteiger charge is 2.24. The molecule has 0 fully saturated rings. The lowest BCUT2D eigenvalue weighted by molar-refractivity contribution is 0.918. The van der Waals surface area contributed by atoms with Crippen LogP contribution in [-0.4, -0.2) is 4.57 Å². The minimum Gasteiger partial charge on any atom is -0.348 e. The van der Waals surface area contributed by atoms with E-state index in [1.807, 2.05) is 0 Å². The van der Waals surface area contributed by atoms with E-state index in [9.17, 15) is 0 Å². The van der Waals surface area contributed by atoms with E-state index in [1.165, 1.54) is 44.5 Å². The van der Waals surface area contributed by atoms with E-state index in [1.54, 1.807) is 0 Å². The van der Waals surface area contributed by atoms with E-state index >= 15 is 0 Å². The fourth-order valence-corrected chi connectivity index (χ4v) is 3.89. The number of hydrogen-bond acceptors (Lipinski definition) is 1. The summed E-state index contributed by atoms with van der Waals surface area (Å²) in [6, 6.07) is 13.6.